The summed E-state index contributed by atoms with van der Waals surface area (Å²) < 4.78 is 12.0. The number of rotatable bonds is 8. The van der Waals surface area contributed by atoms with E-state index >= 15 is 0 Å². The summed E-state index contributed by atoms with van der Waals surface area (Å²) in [5.74, 6) is 1.59. The van der Waals surface area contributed by atoms with E-state index in [1.54, 1.807) is 13.3 Å². The van der Waals surface area contributed by atoms with E-state index in [0.717, 1.165) is 32.7 Å². The molecular weight excluding hydrogens is 440 g/mol. The van der Waals surface area contributed by atoms with E-state index in [9.17, 15) is 0 Å². The molecule has 0 saturated heterocycles. The molecule has 28 heavy (non-hydrogen) atoms. The van der Waals surface area contributed by atoms with Crippen molar-refractivity contribution >= 4 is 33.7 Å². The highest BCUT2D eigenvalue weighted by Crippen LogP contribution is 2.27. The summed E-state index contributed by atoms with van der Waals surface area (Å²) in [7, 11) is 1.66. The van der Waals surface area contributed by atoms with Crippen LogP contribution in [0.1, 0.15) is 16.7 Å². The molecule has 0 aliphatic rings. The van der Waals surface area contributed by atoms with Crippen LogP contribution in [0.25, 0.3) is 0 Å². The van der Waals surface area contributed by atoms with E-state index in [-0.39, 0.29) is 0 Å². The molecule has 3 rings (SSSR count). The lowest BCUT2D eigenvalue weighted by Gasteiger charge is -2.10. The van der Waals surface area contributed by atoms with Crippen molar-refractivity contribution in [1.82, 2.24) is 5.43 Å². The third-order valence-corrected chi connectivity index (χ3v) is 5.05. The monoisotopic (exact) mass is 458 g/mol. The minimum Gasteiger partial charge on any atom is -0.496 e. The van der Waals surface area contributed by atoms with Gasteiger partial charge in [0.25, 0.3) is 0 Å². The number of para-hydroxylation sites is 1. The van der Waals surface area contributed by atoms with Crippen LogP contribution in [-0.4, -0.2) is 13.3 Å². The molecule has 0 unspecified atom stereocenters. The first-order valence-corrected chi connectivity index (χ1v) is 9.88. The molecule has 0 fully saturated rings. The van der Waals surface area contributed by atoms with Crippen LogP contribution in [0.3, 0.4) is 0 Å². The number of nitrogens with zero attached hydrogens (tertiary/aromatic N) is 1. The maximum Gasteiger partial charge on any atom is 0.134 e. The van der Waals surface area contributed by atoms with E-state index in [1.807, 2.05) is 66.7 Å². The van der Waals surface area contributed by atoms with Crippen LogP contribution >= 0.6 is 27.5 Å². The zero-order valence-corrected chi connectivity index (χ0v) is 17.7. The fourth-order valence-corrected chi connectivity index (χ4v) is 3.29. The second-order valence-corrected chi connectivity index (χ2v) is 7.24. The van der Waals surface area contributed by atoms with E-state index < -0.39 is 0 Å². The van der Waals surface area contributed by atoms with Crippen LogP contribution in [0, 0.1) is 0 Å². The van der Waals surface area contributed by atoms with Gasteiger partial charge in [-0.15, -0.1) is 0 Å². The van der Waals surface area contributed by atoms with Crippen LogP contribution in [0.4, 0.5) is 0 Å². The van der Waals surface area contributed by atoms with E-state index in [4.69, 9.17) is 21.1 Å². The van der Waals surface area contributed by atoms with Crippen molar-refractivity contribution < 1.29 is 9.47 Å². The van der Waals surface area contributed by atoms with Gasteiger partial charge in [0.1, 0.15) is 18.1 Å². The molecule has 1 N–H and O–H groups in total. The number of ether oxygens (including phenoxy) is 2. The fourth-order valence-electron chi connectivity index (χ4n) is 2.59. The van der Waals surface area contributed by atoms with Gasteiger partial charge in [-0.2, -0.15) is 5.10 Å². The molecule has 0 atom stereocenters. The molecule has 0 heterocycles. The summed E-state index contributed by atoms with van der Waals surface area (Å²) in [4.78, 5) is 0. The summed E-state index contributed by atoms with van der Waals surface area (Å²) in [6.07, 6.45) is 1.76. The predicted octanol–water partition coefficient (Wildman–Crippen LogP) is 5.81. The first-order chi connectivity index (χ1) is 13.7. The average Bonchev–Trinajstić information content (AvgIpc) is 2.72. The molecule has 0 aliphatic carbocycles. The first-order valence-electron chi connectivity index (χ1n) is 8.71. The molecule has 4 nitrogen and oxygen atoms in total. The van der Waals surface area contributed by atoms with Gasteiger partial charge in [0.05, 0.1) is 24.3 Å². The van der Waals surface area contributed by atoms with Crippen molar-refractivity contribution in [2.45, 2.75) is 13.2 Å². The van der Waals surface area contributed by atoms with Crippen molar-refractivity contribution in [2.75, 3.05) is 7.11 Å². The van der Waals surface area contributed by atoms with Gasteiger partial charge in [-0.3, -0.25) is 0 Å². The maximum atomic E-state index is 6.17. The van der Waals surface area contributed by atoms with Gasteiger partial charge in [-0.25, -0.2) is 0 Å². The molecule has 0 spiro atoms. The van der Waals surface area contributed by atoms with Gasteiger partial charge < -0.3 is 14.9 Å². The van der Waals surface area contributed by atoms with Crippen molar-refractivity contribution in [3.8, 4) is 11.5 Å². The summed E-state index contributed by atoms with van der Waals surface area (Å²) in [5, 5.41) is 4.98. The quantitative estimate of drug-likeness (QED) is 0.341. The Labute approximate surface area is 178 Å². The van der Waals surface area contributed by atoms with Crippen LogP contribution < -0.4 is 14.9 Å². The smallest absolute Gasteiger partial charge is 0.134 e. The van der Waals surface area contributed by atoms with Gasteiger partial charge in [0, 0.05) is 16.1 Å². The van der Waals surface area contributed by atoms with Gasteiger partial charge >= 0.3 is 0 Å². The first kappa shape index (κ1) is 20.2. The number of hydrogen-bond acceptors (Lipinski definition) is 4. The van der Waals surface area contributed by atoms with Crippen LogP contribution in [0.2, 0.25) is 5.02 Å². The second-order valence-electron chi connectivity index (χ2n) is 5.97. The average molecular weight is 460 g/mol. The molecule has 6 heteroatoms. The Balaban J connectivity index is 1.56. The van der Waals surface area contributed by atoms with E-state index in [0.29, 0.717) is 18.2 Å². The number of hydrazone groups is 1. The third kappa shape index (κ3) is 5.50. The minimum atomic E-state index is 0.409. The zero-order valence-electron chi connectivity index (χ0n) is 15.4. The van der Waals surface area contributed by atoms with Gasteiger partial charge in [-0.05, 0) is 51.8 Å². The molecule has 3 aromatic carbocycles. The normalized spacial score (nSPS) is 10.8. The summed E-state index contributed by atoms with van der Waals surface area (Å²) in [6, 6.07) is 21.3. The molecule has 0 bridgehead atoms. The summed E-state index contributed by atoms with van der Waals surface area (Å²) >= 11 is 9.71. The molecular formula is C22H20BrClN2O2. The molecule has 0 aromatic heterocycles. The standard InChI is InChI=1S/C22H20BrClN2O2/c1-27-21-9-5-3-6-17(21)14-26-25-13-16-10-11-22(19(23)12-16)28-15-18-7-2-4-8-20(18)24/h2-13,26H,14-15H2,1H3/b25-13-. The van der Waals surface area contributed by atoms with Crippen molar-refractivity contribution in [3.05, 3.63) is 92.9 Å². The molecule has 144 valence electrons. The highest BCUT2D eigenvalue weighted by atomic mass is 79.9. The maximum absolute atomic E-state index is 6.17. The molecule has 0 amide bonds. The Bertz CT molecular complexity index is 963. The highest BCUT2D eigenvalue weighted by Gasteiger charge is 2.05. The van der Waals surface area contributed by atoms with Gasteiger partial charge in [-0.1, -0.05) is 48.0 Å². The Hall–Kier alpha value is -2.50. The highest BCUT2D eigenvalue weighted by molar-refractivity contribution is 9.10. The Morgan fingerprint density at radius 1 is 1.00 bits per heavy atom. The molecule has 3 aromatic rings. The van der Waals surface area contributed by atoms with Crippen molar-refractivity contribution in [2.24, 2.45) is 5.10 Å². The van der Waals surface area contributed by atoms with Crippen LogP contribution in [0.5, 0.6) is 11.5 Å². The Morgan fingerprint density at radius 3 is 2.50 bits per heavy atom. The Kier molecular flexibility index (Phi) is 7.34. The summed E-state index contributed by atoms with van der Waals surface area (Å²) in [6.45, 7) is 0.993. The molecule has 0 radical (unpaired) electrons. The topological polar surface area (TPSA) is 42.8 Å². The van der Waals surface area contributed by atoms with Crippen LogP contribution in [0.15, 0.2) is 76.3 Å². The van der Waals surface area contributed by atoms with Gasteiger partial charge in [0.15, 0.2) is 0 Å². The fraction of sp³-hybridized carbons (Fsp3) is 0.136. The minimum absolute atomic E-state index is 0.409. The molecule has 0 saturated carbocycles. The van der Waals surface area contributed by atoms with Crippen molar-refractivity contribution in [1.29, 1.82) is 0 Å². The Morgan fingerprint density at radius 2 is 1.75 bits per heavy atom. The zero-order chi connectivity index (χ0) is 19.8. The molecule has 0 aliphatic heterocycles. The van der Waals surface area contributed by atoms with E-state index in [2.05, 4.69) is 26.5 Å². The largest absolute Gasteiger partial charge is 0.496 e. The SMILES string of the molecule is COc1ccccc1CN/N=C\c1ccc(OCc2ccccc2Cl)c(Br)c1. The second kappa shape index (κ2) is 10.2. The number of nitrogens with one attached hydrogen (secondary N) is 1. The third-order valence-electron chi connectivity index (χ3n) is 4.06. The van der Waals surface area contributed by atoms with Crippen LogP contribution in [-0.2, 0) is 13.2 Å². The number of methoxy groups -OCH3 is 1. The number of benzene rings is 3. The van der Waals surface area contributed by atoms with E-state index in [1.165, 1.54) is 0 Å². The van der Waals surface area contributed by atoms with Crippen molar-refractivity contribution in [3.63, 3.8) is 0 Å². The lowest BCUT2D eigenvalue weighted by Crippen LogP contribution is -2.06. The lowest BCUT2D eigenvalue weighted by molar-refractivity contribution is 0.304. The lowest BCUT2D eigenvalue weighted by atomic mass is 10.2. The summed E-state index contributed by atoms with van der Waals surface area (Å²) in [5.41, 5.74) is 5.98. The number of hydrogen-bond donors (Lipinski definition) is 1. The number of halogens is 2. The predicted molar refractivity (Wildman–Crippen MR) is 117 cm³/mol. The van der Waals surface area contributed by atoms with Gasteiger partial charge in [0.2, 0.25) is 0 Å².